The van der Waals surface area contributed by atoms with Crippen molar-refractivity contribution in [1.82, 2.24) is 0 Å². The Hall–Kier alpha value is -2.31. The van der Waals surface area contributed by atoms with Gasteiger partial charge in [0.05, 0.1) is 22.8 Å². The molecule has 14 heavy (non-hydrogen) atoms. The zero-order chi connectivity index (χ0) is 10.7. The van der Waals surface area contributed by atoms with Gasteiger partial charge in [-0.2, -0.15) is 5.10 Å². The largest absolute Gasteiger partial charge is 0.504 e. The number of hydrazone groups is 1. The monoisotopic (exact) mass is 197 g/mol. The van der Waals surface area contributed by atoms with E-state index in [4.69, 9.17) is 16.1 Å². The number of nitro benzene ring substituents is 1. The Balaban J connectivity index is 3.38. The van der Waals surface area contributed by atoms with Crippen molar-refractivity contribution >= 4 is 11.9 Å². The molecule has 1 rings (SSSR count). The van der Waals surface area contributed by atoms with Crippen LogP contribution in [-0.2, 0) is 0 Å². The van der Waals surface area contributed by atoms with Crippen molar-refractivity contribution in [2.24, 2.45) is 10.9 Å². The molecule has 0 saturated carbocycles. The molecule has 0 spiro atoms. The SMILES string of the molecule is NN=Cc1cc(O)c(O)cc1[N+](=O)[O-]. The van der Waals surface area contributed by atoms with Crippen LogP contribution in [0, 0.1) is 10.1 Å². The van der Waals surface area contributed by atoms with Gasteiger partial charge < -0.3 is 16.1 Å². The minimum absolute atomic E-state index is 0.0211. The summed E-state index contributed by atoms with van der Waals surface area (Å²) in [7, 11) is 0. The highest BCUT2D eigenvalue weighted by atomic mass is 16.6. The highest BCUT2D eigenvalue weighted by Gasteiger charge is 2.16. The second-order valence-corrected chi connectivity index (χ2v) is 2.44. The molecule has 74 valence electrons. The maximum Gasteiger partial charge on any atom is 0.282 e. The predicted octanol–water partition coefficient (Wildman–Crippen LogP) is 0.299. The van der Waals surface area contributed by atoms with Gasteiger partial charge in [0, 0.05) is 0 Å². The standard InChI is InChI=1S/C7H7N3O4/c8-9-3-4-1-6(11)7(12)2-5(4)10(13)14/h1-3,11-12H,8H2. The number of aromatic hydroxyl groups is 2. The molecule has 0 aliphatic rings. The Morgan fingerprint density at radius 3 is 2.50 bits per heavy atom. The number of benzene rings is 1. The van der Waals surface area contributed by atoms with Crippen LogP contribution in [0.3, 0.4) is 0 Å². The fourth-order valence-electron chi connectivity index (χ4n) is 0.924. The summed E-state index contributed by atoms with van der Waals surface area (Å²) in [5, 5.41) is 31.6. The van der Waals surface area contributed by atoms with Gasteiger partial charge in [0.25, 0.3) is 5.69 Å². The fourth-order valence-corrected chi connectivity index (χ4v) is 0.924. The van der Waals surface area contributed by atoms with Crippen LogP contribution in [0.2, 0.25) is 0 Å². The Labute approximate surface area is 78.2 Å². The second-order valence-electron chi connectivity index (χ2n) is 2.44. The Bertz CT molecular complexity index is 402. The molecule has 1 aromatic carbocycles. The van der Waals surface area contributed by atoms with Crippen molar-refractivity contribution in [2.45, 2.75) is 0 Å². The zero-order valence-electron chi connectivity index (χ0n) is 6.91. The van der Waals surface area contributed by atoms with Gasteiger partial charge in [-0.1, -0.05) is 0 Å². The van der Waals surface area contributed by atoms with Crippen LogP contribution >= 0.6 is 0 Å². The summed E-state index contributed by atoms with van der Waals surface area (Å²) in [4.78, 5) is 9.76. The number of nitrogens with two attached hydrogens (primary N) is 1. The van der Waals surface area contributed by atoms with Gasteiger partial charge in [-0.15, -0.1) is 0 Å². The lowest BCUT2D eigenvalue weighted by atomic mass is 10.1. The summed E-state index contributed by atoms with van der Waals surface area (Å²) in [6.45, 7) is 0. The molecule has 0 radical (unpaired) electrons. The van der Waals surface area contributed by atoms with E-state index < -0.39 is 16.4 Å². The highest BCUT2D eigenvalue weighted by molar-refractivity contribution is 5.86. The second kappa shape index (κ2) is 3.60. The summed E-state index contributed by atoms with van der Waals surface area (Å²) in [6.07, 6.45) is 1.01. The molecule has 0 heterocycles. The average Bonchev–Trinajstić information content (AvgIpc) is 2.11. The lowest BCUT2D eigenvalue weighted by molar-refractivity contribution is -0.385. The molecule has 7 heteroatoms. The molecule has 0 fully saturated rings. The Morgan fingerprint density at radius 2 is 2.00 bits per heavy atom. The number of rotatable bonds is 2. The molecule has 0 aromatic heterocycles. The van der Waals surface area contributed by atoms with Crippen LogP contribution in [0.4, 0.5) is 5.69 Å². The smallest absolute Gasteiger partial charge is 0.282 e. The van der Waals surface area contributed by atoms with E-state index in [0.717, 1.165) is 18.3 Å². The predicted molar refractivity (Wildman–Crippen MR) is 48.2 cm³/mol. The summed E-state index contributed by atoms with van der Waals surface area (Å²) in [5.41, 5.74) is -0.359. The van der Waals surface area contributed by atoms with E-state index in [9.17, 15) is 10.1 Å². The lowest BCUT2D eigenvalue weighted by Crippen LogP contribution is -1.95. The van der Waals surface area contributed by atoms with Gasteiger partial charge in [-0.25, -0.2) is 0 Å². The van der Waals surface area contributed by atoms with E-state index in [1.807, 2.05) is 0 Å². The number of hydrogen-bond acceptors (Lipinski definition) is 6. The minimum Gasteiger partial charge on any atom is -0.504 e. The number of nitro groups is 1. The molecule has 0 unspecified atom stereocenters. The summed E-state index contributed by atoms with van der Waals surface area (Å²) in [5.74, 6) is 3.79. The molecule has 1 aromatic rings. The van der Waals surface area contributed by atoms with E-state index in [-0.39, 0.29) is 11.3 Å². The van der Waals surface area contributed by atoms with E-state index in [2.05, 4.69) is 5.10 Å². The van der Waals surface area contributed by atoms with Gasteiger partial charge in [0.2, 0.25) is 0 Å². The van der Waals surface area contributed by atoms with Gasteiger partial charge in [0.15, 0.2) is 11.5 Å². The van der Waals surface area contributed by atoms with Crippen molar-refractivity contribution in [1.29, 1.82) is 0 Å². The lowest BCUT2D eigenvalue weighted by Gasteiger charge is -2.00. The van der Waals surface area contributed by atoms with E-state index >= 15 is 0 Å². The topological polar surface area (TPSA) is 122 Å². The highest BCUT2D eigenvalue weighted by Crippen LogP contribution is 2.31. The van der Waals surface area contributed by atoms with Crippen LogP contribution < -0.4 is 5.84 Å². The Kier molecular flexibility index (Phi) is 2.52. The summed E-state index contributed by atoms with van der Waals surface area (Å²) < 4.78 is 0. The fraction of sp³-hybridized carbons (Fsp3) is 0. The van der Waals surface area contributed by atoms with Gasteiger partial charge in [-0.05, 0) is 6.07 Å². The summed E-state index contributed by atoms with van der Waals surface area (Å²) >= 11 is 0. The number of nitrogens with zero attached hydrogens (tertiary/aromatic N) is 2. The van der Waals surface area contributed by atoms with Crippen LogP contribution in [-0.4, -0.2) is 21.4 Å². The van der Waals surface area contributed by atoms with Crippen LogP contribution in [0.1, 0.15) is 5.56 Å². The molecule has 0 saturated heterocycles. The van der Waals surface area contributed by atoms with Crippen LogP contribution in [0.25, 0.3) is 0 Å². The first-order chi connectivity index (χ1) is 6.56. The molecule has 0 aliphatic carbocycles. The van der Waals surface area contributed by atoms with Gasteiger partial charge >= 0.3 is 0 Å². The third-order valence-corrected chi connectivity index (χ3v) is 1.53. The molecule has 7 nitrogen and oxygen atoms in total. The van der Waals surface area contributed by atoms with E-state index in [1.165, 1.54) is 0 Å². The Morgan fingerprint density at radius 1 is 1.43 bits per heavy atom. The molecule has 0 atom stereocenters. The van der Waals surface area contributed by atoms with Crippen molar-refractivity contribution < 1.29 is 15.1 Å². The first-order valence-corrected chi connectivity index (χ1v) is 3.50. The number of phenols is 2. The van der Waals surface area contributed by atoms with Crippen LogP contribution in [0.5, 0.6) is 11.5 Å². The molecule has 0 aliphatic heterocycles. The molecule has 0 amide bonds. The van der Waals surface area contributed by atoms with Gasteiger partial charge in [0.1, 0.15) is 0 Å². The van der Waals surface area contributed by atoms with E-state index in [0.29, 0.717) is 0 Å². The third kappa shape index (κ3) is 1.71. The summed E-state index contributed by atoms with van der Waals surface area (Å²) in [6, 6.07) is 1.83. The number of hydrogen-bond donors (Lipinski definition) is 3. The van der Waals surface area contributed by atoms with E-state index in [1.54, 1.807) is 0 Å². The maximum absolute atomic E-state index is 10.5. The molecular formula is C7H7N3O4. The van der Waals surface area contributed by atoms with Crippen molar-refractivity contribution in [3.05, 3.63) is 27.8 Å². The van der Waals surface area contributed by atoms with Gasteiger partial charge in [-0.3, -0.25) is 10.1 Å². The molecule has 4 N–H and O–H groups in total. The third-order valence-electron chi connectivity index (χ3n) is 1.53. The first kappa shape index (κ1) is 9.78. The first-order valence-electron chi connectivity index (χ1n) is 3.50. The maximum atomic E-state index is 10.5. The van der Waals surface area contributed by atoms with Crippen molar-refractivity contribution in [3.63, 3.8) is 0 Å². The minimum atomic E-state index is -0.712. The quantitative estimate of drug-likeness (QED) is 0.207. The van der Waals surface area contributed by atoms with Crippen molar-refractivity contribution in [3.8, 4) is 11.5 Å². The number of phenolic OH excluding ortho intramolecular Hbond substituents is 2. The zero-order valence-corrected chi connectivity index (χ0v) is 6.91. The normalized spacial score (nSPS) is 10.6. The van der Waals surface area contributed by atoms with Crippen molar-refractivity contribution in [2.75, 3.05) is 0 Å². The van der Waals surface area contributed by atoms with Crippen LogP contribution in [0.15, 0.2) is 17.2 Å². The molecular weight excluding hydrogens is 190 g/mol. The average molecular weight is 197 g/mol. The molecule has 0 bridgehead atoms.